The zero-order valence-corrected chi connectivity index (χ0v) is 8.70. The molecule has 0 heterocycles. The highest BCUT2D eigenvalue weighted by molar-refractivity contribution is 6.00. The molecule has 0 aromatic rings. The van der Waals surface area contributed by atoms with Crippen LogP contribution >= 0.6 is 0 Å². The molecular weight excluding hydrogens is 196 g/mol. The maximum Gasteiger partial charge on any atom is 0.323 e. The van der Waals surface area contributed by atoms with Crippen molar-refractivity contribution in [3.05, 3.63) is 24.3 Å². The van der Waals surface area contributed by atoms with Gasteiger partial charge in [-0.1, -0.05) is 12.2 Å². The molecule has 0 bridgehead atoms. The van der Waals surface area contributed by atoms with Gasteiger partial charge in [-0.2, -0.15) is 0 Å². The molecule has 0 aliphatic heterocycles. The standard InChI is InChI=1S/C11H12O4/c1-8-5-4-6-11(7-8,9(12)14-2)10(13)15-3/h4-5H,6-7H2,2-3H3. The summed E-state index contributed by atoms with van der Waals surface area (Å²) in [7, 11) is 2.43. The fourth-order valence-electron chi connectivity index (χ4n) is 1.64. The van der Waals surface area contributed by atoms with Crippen molar-refractivity contribution in [1.29, 1.82) is 0 Å². The van der Waals surface area contributed by atoms with E-state index in [2.05, 4.69) is 9.47 Å². The smallest absolute Gasteiger partial charge is 0.323 e. The minimum absolute atomic E-state index is 0.0306. The summed E-state index contributed by atoms with van der Waals surface area (Å²) in [5.74, 6) is -1.30. The molecule has 80 valence electrons. The fraction of sp³-hybridized carbons (Fsp3) is 0.455. The molecule has 0 amide bonds. The zero-order chi connectivity index (χ0) is 11.5. The van der Waals surface area contributed by atoms with E-state index < -0.39 is 17.4 Å². The van der Waals surface area contributed by atoms with E-state index in [0.717, 1.165) is 0 Å². The minimum Gasteiger partial charge on any atom is -0.468 e. The van der Waals surface area contributed by atoms with Crippen LogP contribution in [0.25, 0.3) is 0 Å². The van der Waals surface area contributed by atoms with Crippen LogP contribution in [0.3, 0.4) is 0 Å². The first-order valence-corrected chi connectivity index (χ1v) is 4.47. The number of hydrogen-bond donors (Lipinski definition) is 0. The van der Waals surface area contributed by atoms with Crippen molar-refractivity contribution in [2.45, 2.75) is 12.8 Å². The Hall–Kier alpha value is -1.58. The molecule has 15 heavy (non-hydrogen) atoms. The number of carbonyl (C=O) groups excluding carboxylic acids is 2. The summed E-state index contributed by atoms with van der Waals surface area (Å²) in [5, 5.41) is 0. The van der Waals surface area contributed by atoms with Crippen LogP contribution in [-0.4, -0.2) is 26.2 Å². The predicted molar refractivity (Wildman–Crippen MR) is 51.6 cm³/mol. The molecular formula is C11H12O4. The largest absolute Gasteiger partial charge is 0.468 e. The first-order valence-electron chi connectivity index (χ1n) is 4.47. The van der Waals surface area contributed by atoms with Crippen molar-refractivity contribution in [3.8, 4) is 0 Å². The van der Waals surface area contributed by atoms with E-state index >= 15 is 0 Å². The van der Waals surface area contributed by atoms with E-state index in [4.69, 9.17) is 6.58 Å². The number of hydrogen-bond acceptors (Lipinski definition) is 4. The molecule has 0 unspecified atom stereocenters. The summed E-state index contributed by atoms with van der Waals surface area (Å²) in [5.41, 5.74) is -1.15. The van der Waals surface area contributed by atoms with Crippen LogP contribution in [0.15, 0.2) is 17.7 Å². The Morgan fingerprint density at radius 3 is 2.27 bits per heavy atom. The molecule has 0 fully saturated rings. The fourth-order valence-corrected chi connectivity index (χ4v) is 1.64. The van der Waals surface area contributed by atoms with Gasteiger partial charge in [0.2, 0.25) is 0 Å². The normalized spacial score (nSPS) is 18.4. The van der Waals surface area contributed by atoms with Gasteiger partial charge in [0.25, 0.3) is 0 Å². The Morgan fingerprint density at radius 2 is 1.87 bits per heavy atom. The molecule has 0 N–H and O–H groups in total. The average Bonchev–Trinajstić information content (AvgIpc) is 2.26. The van der Waals surface area contributed by atoms with Crippen molar-refractivity contribution in [2.75, 3.05) is 14.2 Å². The van der Waals surface area contributed by atoms with Gasteiger partial charge in [-0.3, -0.25) is 9.59 Å². The zero-order valence-electron chi connectivity index (χ0n) is 8.70. The van der Waals surface area contributed by atoms with E-state index in [1.807, 2.05) is 0 Å². The molecule has 0 saturated carbocycles. The van der Waals surface area contributed by atoms with E-state index in [0.29, 0.717) is 0 Å². The van der Waals surface area contributed by atoms with Crippen LogP contribution in [0.5, 0.6) is 0 Å². The molecule has 2 radical (unpaired) electrons. The van der Waals surface area contributed by atoms with Gasteiger partial charge in [-0.15, -0.1) is 0 Å². The highest BCUT2D eigenvalue weighted by atomic mass is 16.5. The maximum absolute atomic E-state index is 11.6. The van der Waals surface area contributed by atoms with Crippen LogP contribution in [0, 0.1) is 12.0 Å². The number of methoxy groups -OCH3 is 2. The molecule has 0 aromatic carbocycles. The van der Waals surface area contributed by atoms with Crippen LogP contribution in [0.1, 0.15) is 12.8 Å². The van der Waals surface area contributed by atoms with Gasteiger partial charge in [0.05, 0.1) is 14.2 Å². The van der Waals surface area contributed by atoms with Gasteiger partial charge in [-0.05, 0) is 18.6 Å². The quantitative estimate of drug-likeness (QED) is 0.500. The summed E-state index contributed by atoms with van der Waals surface area (Å²) in [6.07, 6.45) is 3.43. The third kappa shape index (κ3) is 1.93. The SMILES string of the molecule is [C]=C1C=CCC(C(=O)OC)(C(=O)OC)C1. The number of carbonyl (C=O) groups is 2. The highest BCUT2D eigenvalue weighted by Gasteiger charge is 2.48. The lowest BCUT2D eigenvalue weighted by Crippen LogP contribution is -2.42. The Morgan fingerprint density at radius 1 is 1.33 bits per heavy atom. The van der Waals surface area contributed by atoms with E-state index in [1.165, 1.54) is 14.2 Å². The topological polar surface area (TPSA) is 52.6 Å². The summed E-state index contributed by atoms with van der Waals surface area (Å²) < 4.78 is 9.19. The van der Waals surface area contributed by atoms with E-state index in [1.54, 1.807) is 12.2 Å². The molecule has 4 heteroatoms. The minimum atomic E-state index is -1.37. The van der Waals surface area contributed by atoms with Gasteiger partial charge in [-0.25, -0.2) is 0 Å². The first-order chi connectivity index (χ1) is 7.06. The third-order valence-electron chi connectivity index (χ3n) is 2.43. The van der Waals surface area contributed by atoms with Crippen LogP contribution < -0.4 is 0 Å². The van der Waals surface area contributed by atoms with Gasteiger partial charge in [0, 0.05) is 6.42 Å². The summed E-state index contributed by atoms with van der Waals surface area (Å²) >= 11 is 0. The van der Waals surface area contributed by atoms with Gasteiger partial charge < -0.3 is 9.47 Å². The Bertz CT molecular complexity index is 311. The van der Waals surface area contributed by atoms with Crippen LogP contribution in [0.2, 0.25) is 0 Å². The monoisotopic (exact) mass is 208 g/mol. The van der Waals surface area contributed by atoms with Crippen LogP contribution in [0.4, 0.5) is 0 Å². The van der Waals surface area contributed by atoms with Crippen molar-refractivity contribution >= 4 is 11.9 Å². The van der Waals surface area contributed by atoms with Crippen molar-refractivity contribution in [1.82, 2.24) is 0 Å². The highest BCUT2D eigenvalue weighted by Crippen LogP contribution is 2.37. The number of ether oxygens (including phenoxy) is 2. The lowest BCUT2D eigenvalue weighted by Gasteiger charge is -2.29. The molecule has 1 aliphatic rings. The summed E-state index contributed by atoms with van der Waals surface area (Å²) in [4.78, 5) is 23.2. The van der Waals surface area contributed by atoms with Crippen molar-refractivity contribution < 1.29 is 19.1 Å². The molecule has 4 nitrogen and oxygen atoms in total. The van der Waals surface area contributed by atoms with Gasteiger partial charge >= 0.3 is 11.9 Å². The second kappa shape index (κ2) is 4.29. The molecule has 1 rings (SSSR count). The predicted octanol–water partition coefficient (Wildman–Crippen LogP) is 0.905. The summed E-state index contributed by atoms with van der Waals surface area (Å²) in [6, 6.07) is 0. The second-order valence-electron chi connectivity index (χ2n) is 3.37. The molecule has 0 aromatic heterocycles. The number of rotatable bonds is 2. The Labute approximate surface area is 88.6 Å². The molecule has 0 spiro atoms. The molecule has 0 atom stereocenters. The van der Waals surface area contributed by atoms with Gasteiger partial charge in [0.15, 0.2) is 5.41 Å². The van der Waals surface area contributed by atoms with E-state index in [9.17, 15) is 9.59 Å². The lowest BCUT2D eigenvalue weighted by molar-refractivity contribution is -0.169. The number of allylic oxidation sites excluding steroid dienone is 3. The molecule has 1 aliphatic carbocycles. The van der Waals surface area contributed by atoms with Crippen molar-refractivity contribution in [3.63, 3.8) is 0 Å². The maximum atomic E-state index is 11.6. The van der Waals surface area contributed by atoms with Crippen molar-refractivity contribution in [2.24, 2.45) is 5.41 Å². The summed E-state index contributed by atoms with van der Waals surface area (Å²) in [6.45, 7) is 7.48. The average molecular weight is 208 g/mol. The lowest BCUT2D eigenvalue weighted by atomic mass is 9.75. The van der Waals surface area contributed by atoms with Gasteiger partial charge in [0.1, 0.15) is 0 Å². The van der Waals surface area contributed by atoms with E-state index in [-0.39, 0.29) is 18.4 Å². The first kappa shape index (κ1) is 11.5. The van der Waals surface area contributed by atoms with Crippen LogP contribution in [-0.2, 0) is 19.1 Å². The third-order valence-corrected chi connectivity index (χ3v) is 2.43. The Kier molecular flexibility index (Phi) is 3.29. The molecule has 0 saturated heterocycles. The number of esters is 2. The second-order valence-corrected chi connectivity index (χ2v) is 3.37. The Balaban J connectivity index is 3.07.